The Morgan fingerprint density at radius 1 is 1.43 bits per heavy atom. The first kappa shape index (κ1) is 15.1. The van der Waals surface area contributed by atoms with Crippen molar-refractivity contribution in [1.29, 1.82) is 0 Å². The number of carbonyl (C=O) groups is 2. The highest BCUT2D eigenvalue weighted by Gasteiger charge is 2.32. The van der Waals surface area contributed by atoms with Crippen molar-refractivity contribution in [3.63, 3.8) is 0 Å². The third kappa shape index (κ3) is 3.41. The van der Waals surface area contributed by atoms with Gasteiger partial charge in [-0.1, -0.05) is 12.0 Å². The van der Waals surface area contributed by atoms with Crippen LogP contribution < -0.4 is 5.32 Å². The third-order valence-electron chi connectivity index (χ3n) is 3.63. The maximum atomic E-state index is 12.2. The molecule has 2 rings (SSSR count). The lowest BCUT2D eigenvalue weighted by Crippen LogP contribution is -2.54. The fourth-order valence-corrected chi connectivity index (χ4v) is 2.22. The highest BCUT2D eigenvalue weighted by molar-refractivity contribution is 6.39. The van der Waals surface area contributed by atoms with Gasteiger partial charge in [0.05, 0.1) is 18.8 Å². The SMILES string of the molecule is C#Cc1cccc(NC(=O)C(=O)N2CCO[C@H](C)[C@H]2C)c1. The van der Waals surface area contributed by atoms with Crippen molar-refractivity contribution in [2.45, 2.75) is 26.0 Å². The number of rotatable bonds is 1. The summed E-state index contributed by atoms with van der Waals surface area (Å²) in [4.78, 5) is 25.8. The summed E-state index contributed by atoms with van der Waals surface area (Å²) in [6.45, 7) is 4.62. The van der Waals surface area contributed by atoms with E-state index in [-0.39, 0.29) is 12.1 Å². The number of hydrogen-bond donors (Lipinski definition) is 1. The number of terminal acetylenes is 1. The Hall–Kier alpha value is -2.32. The summed E-state index contributed by atoms with van der Waals surface area (Å²) in [6, 6.07) is 6.69. The van der Waals surface area contributed by atoms with E-state index in [0.717, 1.165) is 0 Å². The second-order valence-corrected chi connectivity index (χ2v) is 4.99. The van der Waals surface area contributed by atoms with E-state index in [1.165, 1.54) is 4.90 Å². The maximum Gasteiger partial charge on any atom is 0.313 e. The van der Waals surface area contributed by atoms with Crippen molar-refractivity contribution in [2.75, 3.05) is 18.5 Å². The van der Waals surface area contributed by atoms with Gasteiger partial charge >= 0.3 is 11.8 Å². The van der Waals surface area contributed by atoms with Crippen molar-refractivity contribution in [3.8, 4) is 12.3 Å². The van der Waals surface area contributed by atoms with Gasteiger partial charge in [-0.2, -0.15) is 0 Å². The molecule has 1 aliphatic rings. The first-order chi connectivity index (χ1) is 10.0. The van der Waals surface area contributed by atoms with E-state index in [9.17, 15) is 9.59 Å². The van der Waals surface area contributed by atoms with Crippen molar-refractivity contribution in [2.24, 2.45) is 0 Å². The molecule has 0 radical (unpaired) electrons. The minimum Gasteiger partial charge on any atom is -0.375 e. The first-order valence-electron chi connectivity index (χ1n) is 6.83. The van der Waals surface area contributed by atoms with Crippen molar-refractivity contribution in [1.82, 2.24) is 4.90 Å². The minimum atomic E-state index is -0.662. The van der Waals surface area contributed by atoms with Crippen LogP contribution in [0.4, 0.5) is 5.69 Å². The Bertz CT molecular complexity index is 591. The third-order valence-corrected chi connectivity index (χ3v) is 3.63. The number of nitrogens with one attached hydrogen (secondary N) is 1. The molecular formula is C16H18N2O3. The van der Waals surface area contributed by atoms with Crippen LogP contribution in [-0.2, 0) is 14.3 Å². The van der Waals surface area contributed by atoms with Crippen LogP contribution in [0.2, 0.25) is 0 Å². The zero-order valence-corrected chi connectivity index (χ0v) is 12.1. The van der Waals surface area contributed by atoms with Crippen LogP contribution in [0.15, 0.2) is 24.3 Å². The van der Waals surface area contributed by atoms with Gasteiger partial charge in [-0.15, -0.1) is 6.42 Å². The lowest BCUT2D eigenvalue weighted by Gasteiger charge is -2.37. The van der Waals surface area contributed by atoms with Crippen molar-refractivity contribution >= 4 is 17.5 Å². The highest BCUT2D eigenvalue weighted by atomic mass is 16.5. The molecule has 1 heterocycles. The van der Waals surface area contributed by atoms with E-state index in [1.54, 1.807) is 24.3 Å². The lowest BCUT2D eigenvalue weighted by atomic mass is 10.1. The van der Waals surface area contributed by atoms with Crippen LogP contribution in [0.5, 0.6) is 0 Å². The Balaban J connectivity index is 2.05. The van der Waals surface area contributed by atoms with Crippen molar-refractivity contribution < 1.29 is 14.3 Å². The number of hydrogen-bond acceptors (Lipinski definition) is 3. The van der Waals surface area contributed by atoms with E-state index in [2.05, 4.69) is 11.2 Å². The predicted octanol–water partition coefficient (Wildman–Crippen LogP) is 1.24. The van der Waals surface area contributed by atoms with Gasteiger partial charge in [0.1, 0.15) is 0 Å². The number of benzene rings is 1. The summed E-state index contributed by atoms with van der Waals surface area (Å²) in [6.07, 6.45) is 5.22. The Morgan fingerprint density at radius 2 is 2.19 bits per heavy atom. The zero-order chi connectivity index (χ0) is 15.4. The molecule has 0 spiro atoms. The molecule has 1 N–H and O–H groups in total. The monoisotopic (exact) mass is 286 g/mol. The molecule has 2 atom stereocenters. The molecule has 0 aliphatic carbocycles. The molecule has 1 aliphatic heterocycles. The summed E-state index contributed by atoms with van der Waals surface area (Å²) in [5.74, 6) is 1.27. The van der Waals surface area contributed by atoms with Crippen molar-refractivity contribution in [3.05, 3.63) is 29.8 Å². The Labute approximate surface area is 124 Å². The largest absolute Gasteiger partial charge is 0.375 e. The van der Waals surface area contributed by atoms with E-state index in [4.69, 9.17) is 11.2 Å². The van der Waals surface area contributed by atoms with Gasteiger partial charge in [0, 0.05) is 17.8 Å². The fourth-order valence-electron chi connectivity index (χ4n) is 2.22. The number of ether oxygens (including phenoxy) is 1. The summed E-state index contributed by atoms with van der Waals surface area (Å²) in [5.41, 5.74) is 1.16. The van der Waals surface area contributed by atoms with Gasteiger partial charge < -0.3 is 15.0 Å². The maximum absolute atomic E-state index is 12.2. The van der Waals surface area contributed by atoms with Gasteiger partial charge in [0.15, 0.2) is 0 Å². The molecule has 0 bridgehead atoms. The smallest absolute Gasteiger partial charge is 0.313 e. The van der Waals surface area contributed by atoms with E-state index in [1.807, 2.05) is 13.8 Å². The standard InChI is InChI=1S/C16H18N2O3/c1-4-13-6-5-7-14(10-13)17-15(19)16(20)18-8-9-21-12(3)11(18)2/h1,5-7,10-12H,8-9H2,2-3H3,(H,17,19)/t11-,12-/m1/s1. The molecule has 2 amide bonds. The second kappa shape index (κ2) is 6.42. The van der Waals surface area contributed by atoms with Gasteiger partial charge in [-0.25, -0.2) is 0 Å². The van der Waals surface area contributed by atoms with E-state index >= 15 is 0 Å². The van der Waals surface area contributed by atoms with Crippen LogP contribution in [0.1, 0.15) is 19.4 Å². The molecule has 0 saturated carbocycles. The molecule has 1 fully saturated rings. The van der Waals surface area contributed by atoms with Crippen LogP contribution in [0.3, 0.4) is 0 Å². The molecule has 1 aromatic rings. The van der Waals surface area contributed by atoms with Crippen LogP contribution in [0.25, 0.3) is 0 Å². The summed E-state index contributed by atoms with van der Waals surface area (Å²) in [5, 5.41) is 2.58. The molecule has 21 heavy (non-hydrogen) atoms. The normalized spacial score (nSPS) is 21.5. The molecule has 5 heteroatoms. The van der Waals surface area contributed by atoms with Gasteiger partial charge in [0.25, 0.3) is 0 Å². The van der Waals surface area contributed by atoms with E-state index in [0.29, 0.717) is 24.4 Å². The Morgan fingerprint density at radius 3 is 2.90 bits per heavy atom. The molecule has 110 valence electrons. The number of carbonyl (C=O) groups excluding carboxylic acids is 2. The first-order valence-corrected chi connectivity index (χ1v) is 6.83. The lowest BCUT2D eigenvalue weighted by molar-refractivity contribution is -0.152. The summed E-state index contributed by atoms with van der Waals surface area (Å²) < 4.78 is 5.45. The summed E-state index contributed by atoms with van der Waals surface area (Å²) >= 11 is 0. The van der Waals surface area contributed by atoms with Gasteiger partial charge in [0.2, 0.25) is 0 Å². The molecule has 1 aromatic carbocycles. The van der Waals surface area contributed by atoms with Crippen LogP contribution in [0, 0.1) is 12.3 Å². The number of anilines is 1. The number of morpholine rings is 1. The minimum absolute atomic E-state index is 0.0831. The average molecular weight is 286 g/mol. The molecule has 0 aromatic heterocycles. The molecular weight excluding hydrogens is 268 g/mol. The van der Waals surface area contributed by atoms with E-state index < -0.39 is 11.8 Å². The average Bonchev–Trinajstić information content (AvgIpc) is 2.49. The van der Waals surface area contributed by atoms with Crippen LogP contribution in [-0.4, -0.2) is 42.0 Å². The second-order valence-electron chi connectivity index (χ2n) is 4.99. The zero-order valence-electron chi connectivity index (χ0n) is 12.1. The molecule has 5 nitrogen and oxygen atoms in total. The molecule has 1 saturated heterocycles. The van der Waals surface area contributed by atoms with Gasteiger partial charge in [-0.05, 0) is 32.0 Å². The highest BCUT2D eigenvalue weighted by Crippen LogP contribution is 2.15. The molecule has 0 unspecified atom stereocenters. The topological polar surface area (TPSA) is 58.6 Å². The van der Waals surface area contributed by atoms with Crippen LogP contribution >= 0.6 is 0 Å². The Kier molecular flexibility index (Phi) is 4.61. The fraction of sp³-hybridized carbons (Fsp3) is 0.375. The predicted molar refractivity (Wildman–Crippen MR) is 79.6 cm³/mol. The number of amides is 2. The quantitative estimate of drug-likeness (QED) is 0.624. The number of nitrogens with zero attached hydrogens (tertiary/aromatic N) is 1. The van der Waals surface area contributed by atoms with Gasteiger partial charge in [-0.3, -0.25) is 9.59 Å². The summed E-state index contributed by atoms with van der Waals surface area (Å²) in [7, 11) is 0.